The first-order valence-electron chi connectivity index (χ1n) is 6.76. The second-order valence-corrected chi connectivity index (χ2v) is 6.57. The van der Waals surface area contributed by atoms with Gasteiger partial charge < -0.3 is 10.2 Å². The second-order valence-electron chi connectivity index (χ2n) is 4.80. The molecule has 0 spiro atoms. The zero-order valence-electron chi connectivity index (χ0n) is 11.3. The van der Waals surface area contributed by atoms with Gasteiger partial charge in [0.2, 0.25) is 10.0 Å². The average molecular weight is 301 g/mol. The molecule has 1 heterocycles. The third-order valence-corrected chi connectivity index (χ3v) is 4.72. The molecule has 2 N–H and O–H groups in total. The van der Waals surface area contributed by atoms with Crippen molar-refractivity contribution in [1.29, 1.82) is 0 Å². The van der Waals surface area contributed by atoms with Gasteiger partial charge in [0.25, 0.3) is 0 Å². The second kappa shape index (κ2) is 7.12. The van der Waals surface area contributed by atoms with Crippen molar-refractivity contribution in [2.24, 2.45) is 0 Å². The van der Waals surface area contributed by atoms with E-state index in [9.17, 15) is 12.8 Å². The van der Waals surface area contributed by atoms with E-state index in [0.29, 0.717) is 6.54 Å². The van der Waals surface area contributed by atoms with Gasteiger partial charge in [0.15, 0.2) is 0 Å². The standard InChI is InChI=1S/C13H20FN3O2S/c14-12-3-1-4-13(11-12)20(18,19)16-5-2-8-17-9-6-15-7-10-17/h1,3-4,11,15-16H,2,5-10H2. The Morgan fingerprint density at radius 3 is 2.75 bits per heavy atom. The van der Waals surface area contributed by atoms with Crippen LogP contribution in [0.5, 0.6) is 0 Å². The van der Waals surface area contributed by atoms with Crippen molar-refractivity contribution < 1.29 is 12.8 Å². The van der Waals surface area contributed by atoms with Crippen molar-refractivity contribution >= 4 is 10.0 Å². The van der Waals surface area contributed by atoms with E-state index in [1.165, 1.54) is 18.2 Å². The van der Waals surface area contributed by atoms with Crippen molar-refractivity contribution in [1.82, 2.24) is 14.9 Å². The lowest BCUT2D eigenvalue weighted by Crippen LogP contribution is -2.44. The number of halogens is 1. The molecular weight excluding hydrogens is 281 g/mol. The SMILES string of the molecule is O=S(=O)(NCCCN1CCNCC1)c1cccc(F)c1. The van der Waals surface area contributed by atoms with E-state index in [4.69, 9.17) is 0 Å². The first-order valence-corrected chi connectivity index (χ1v) is 8.24. The van der Waals surface area contributed by atoms with Gasteiger partial charge in [-0.05, 0) is 31.2 Å². The Bertz CT molecular complexity index is 530. The van der Waals surface area contributed by atoms with Crippen LogP contribution in [0.15, 0.2) is 29.2 Å². The molecule has 1 aliphatic heterocycles. The number of hydrogen-bond donors (Lipinski definition) is 2. The lowest BCUT2D eigenvalue weighted by Gasteiger charge is -2.27. The van der Waals surface area contributed by atoms with Crippen LogP contribution in [0.3, 0.4) is 0 Å². The van der Waals surface area contributed by atoms with Gasteiger partial charge in [-0.1, -0.05) is 6.07 Å². The molecular formula is C13H20FN3O2S. The molecule has 7 heteroatoms. The van der Waals surface area contributed by atoms with Crippen molar-refractivity contribution in [3.05, 3.63) is 30.1 Å². The van der Waals surface area contributed by atoms with Crippen LogP contribution >= 0.6 is 0 Å². The predicted octanol–water partition coefficient (Wildman–Crippen LogP) is 0.399. The molecule has 0 atom stereocenters. The third-order valence-electron chi connectivity index (χ3n) is 3.26. The zero-order valence-corrected chi connectivity index (χ0v) is 12.1. The molecule has 0 aliphatic carbocycles. The van der Waals surface area contributed by atoms with Gasteiger partial charge in [0.1, 0.15) is 5.82 Å². The minimum Gasteiger partial charge on any atom is -0.314 e. The summed E-state index contributed by atoms with van der Waals surface area (Å²) in [6.45, 7) is 5.19. The minimum atomic E-state index is -3.61. The van der Waals surface area contributed by atoms with E-state index < -0.39 is 15.8 Å². The highest BCUT2D eigenvalue weighted by Crippen LogP contribution is 2.10. The van der Waals surface area contributed by atoms with Gasteiger partial charge in [-0.3, -0.25) is 0 Å². The Hall–Kier alpha value is -1.02. The number of rotatable bonds is 6. The number of nitrogens with zero attached hydrogens (tertiary/aromatic N) is 1. The first kappa shape index (κ1) is 15.4. The van der Waals surface area contributed by atoms with Gasteiger partial charge in [0, 0.05) is 32.7 Å². The highest BCUT2D eigenvalue weighted by molar-refractivity contribution is 7.89. The Labute approximate surface area is 119 Å². The normalized spacial score (nSPS) is 17.2. The molecule has 1 aliphatic rings. The maximum atomic E-state index is 13.0. The van der Waals surface area contributed by atoms with Crippen molar-refractivity contribution in [3.8, 4) is 0 Å². The van der Waals surface area contributed by atoms with Gasteiger partial charge in [0.05, 0.1) is 4.90 Å². The molecule has 2 rings (SSSR count). The maximum absolute atomic E-state index is 13.0. The van der Waals surface area contributed by atoms with E-state index in [2.05, 4.69) is 14.9 Å². The molecule has 112 valence electrons. The summed E-state index contributed by atoms with van der Waals surface area (Å²) in [7, 11) is -3.61. The van der Waals surface area contributed by atoms with Crippen LogP contribution in [0.1, 0.15) is 6.42 Å². The highest BCUT2D eigenvalue weighted by Gasteiger charge is 2.14. The topological polar surface area (TPSA) is 61.4 Å². The lowest BCUT2D eigenvalue weighted by atomic mass is 10.3. The summed E-state index contributed by atoms with van der Waals surface area (Å²) >= 11 is 0. The number of piperazine rings is 1. The molecule has 20 heavy (non-hydrogen) atoms. The van der Waals surface area contributed by atoms with Gasteiger partial charge >= 0.3 is 0 Å². The van der Waals surface area contributed by atoms with Crippen molar-refractivity contribution in [3.63, 3.8) is 0 Å². The van der Waals surface area contributed by atoms with Crippen LogP contribution in [0.25, 0.3) is 0 Å². The van der Waals surface area contributed by atoms with Crippen LogP contribution < -0.4 is 10.0 Å². The quantitative estimate of drug-likeness (QED) is 0.747. The summed E-state index contributed by atoms with van der Waals surface area (Å²) in [6, 6.07) is 5.04. The highest BCUT2D eigenvalue weighted by atomic mass is 32.2. The van der Waals surface area contributed by atoms with Crippen molar-refractivity contribution in [2.75, 3.05) is 39.3 Å². The number of sulfonamides is 1. The van der Waals surface area contributed by atoms with E-state index in [1.807, 2.05) is 0 Å². The molecule has 5 nitrogen and oxygen atoms in total. The van der Waals surface area contributed by atoms with Crippen LogP contribution in [0.2, 0.25) is 0 Å². The summed E-state index contributed by atoms with van der Waals surface area (Å²) in [5.41, 5.74) is 0. The Kier molecular flexibility index (Phi) is 5.47. The third kappa shape index (κ3) is 4.52. The van der Waals surface area contributed by atoms with Gasteiger partial charge in [-0.2, -0.15) is 0 Å². The van der Waals surface area contributed by atoms with E-state index >= 15 is 0 Å². The minimum absolute atomic E-state index is 0.0281. The number of hydrogen-bond acceptors (Lipinski definition) is 4. The zero-order chi connectivity index (χ0) is 14.4. The Morgan fingerprint density at radius 2 is 2.05 bits per heavy atom. The molecule has 0 saturated carbocycles. The summed E-state index contributed by atoms with van der Waals surface area (Å²) < 4.78 is 39.4. The summed E-state index contributed by atoms with van der Waals surface area (Å²) in [5, 5.41) is 3.27. The number of nitrogens with one attached hydrogen (secondary N) is 2. The summed E-state index contributed by atoms with van der Waals surface area (Å²) in [4.78, 5) is 2.27. The maximum Gasteiger partial charge on any atom is 0.240 e. The smallest absolute Gasteiger partial charge is 0.240 e. The lowest BCUT2D eigenvalue weighted by molar-refractivity contribution is 0.239. The van der Waals surface area contributed by atoms with Crippen LogP contribution in [0.4, 0.5) is 4.39 Å². The molecule has 0 amide bonds. The van der Waals surface area contributed by atoms with Gasteiger partial charge in [-0.15, -0.1) is 0 Å². The van der Waals surface area contributed by atoms with E-state index in [0.717, 1.165) is 45.2 Å². The average Bonchev–Trinajstić information content (AvgIpc) is 2.45. The molecule has 1 aromatic carbocycles. The fourth-order valence-electron chi connectivity index (χ4n) is 2.16. The first-order chi connectivity index (χ1) is 9.58. The number of benzene rings is 1. The van der Waals surface area contributed by atoms with Crippen molar-refractivity contribution in [2.45, 2.75) is 11.3 Å². The molecule has 0 aromatic heterocycles. The molecule has 0 radical (unpaired) electrons. The molecule has 1 aromatic rings. The fourth-order valence-corrected chi connectivity index (χ4v) is 3.27. The van der Waals surface area contributed by atoms with E-state index in [1.54, 1.807) is 0 Å². The monoisotopic (exact) mass is 301 g/mol. The molecule has 0 unspecified atom stereocenters. The van der Waals surface area contributed by atoms with Crippen LogP contribution in [-0.2, 0) is 10.0 Å². The van der Waals surface area contributed by atoms with E-state index in [-0.39, 0.29) is 4.90 Å². The van der Waals surface area contributed by atoms with Crippen LogP contribution in [-0.4, -0.2) is 52.6 Å². The molecule has 1 saturated heterocycles. The molecule has 0 bridgehead atoms. The van der Waals surface area contributed by atoms with Gasteiger partial charge in [-0.25, -0.2) is 17.5 Å². The summed E-state index contributed by atoms with van der Waals surface area (Å²) in [5.74, 6) is -0.548. The van der Waals surface area contributed by atoms with Crippen LogP contribution in [0, 0.1) is 5.82 Å². The molecule has 1 fully saturated rings. The Balaban J connectivity index is 1.78. The fraction of sp³-hybridized carbons (Fsp3) is 0.538. The predicted molar refractivity (Wildman–Crippen MR) is 75.5 cm³/mol. The summed E-state index contributed by atoms with van der Waals surface area (Å²) in [6.07, 6.45) is 0.745. The Morgan fingerprint density at radius 1 is 1.30 bits per heavy atom. The largest absolute Gasteiger partial charge is 0.314 e.